The van der Waals surface area contributed by atoms with Gasteiger partial charge >= 0.3 is 0 Å². The van der Waals surface area contributed by atoms with E-state index in [9.17, 15) is 4.79 Å². The number of hydrogen-bond donors (Lipinski definition) is 1. The number of carbonyl (C=O) groups is 1. The predicted molar refractivity (Wildman–Crippen MR) is 115 cm³/mol. The number of ether oxygens (including phenoxy) is 4. The van der Waals surface area contributed by atoms with Gasteiger partial charge in [-0.05, 0) is 43.7 Å². The van der Waals surface area contributed by atoms with Crippen LogP contribution in [0.15, 0.2) is 35.9 Å². The van der Waals surface area contributed by atoms with Gasteiger partial charge in [-0.2, -0.15) is 0 Å². The third-order valence-electron chi connectivity index (χ3n) is 4.43. The molecule has 0 unspecified atom stereocenters. The number of benzene rings is 2. The maximum absolute atomic E-state index is 13.2. The fraction of sp³-hybridized carbons (Fsp3) is 0.348. The highest BCUT2D eigenvalue weighted by atomic mass is 16.5. The lowest BCUT2D eigenvalue weighted by Gasteiger charge is -2.14. The van der Waals surface area contributed by atoms with Crippen LogP contribution in [0.2, 0.25) is 0 Å². The monoisotopic (exact) mass is 399 g/mol. The molecule has 156 valence electrons. The van der Waals surface area contributed by atoms with E-state index in [0.29, 0.717) is 58.4 Å². The highest BCUT2D eigenvalue weighted by Gasteiger charge is 2.17. The largest absolute Gasteiger partial charge is 0.497 e. The number of carbonyl (C=O) groups excluding carboxylic acids is 1. The van der Waals surface area contributed by atoms with E-state index in [1.54, 1.807) is 45.6 Å². The van der Waals surface area contributed by atoms with Crippen LogP contribution in [0, 0.1) is 0 Å². The van der Waals surface area contributed by atoms with Gasteiger partial charge in [-0.3, -0.25) is 4.79 Å². The molecule has 0 saturated heterocycles. The Morgan fingerprint density at radius 1 is 1.00 bits per heavy atom. The van der Waals surface area contributed by atoms with Crippen molar-refractivity contribution in [2.45, 2.75) is 26.7 Å². The number of Topliss-reactive ketones (excluding diaryl/α,β-unsaturated/α-hetero) is 1. The zero-order valence-corrected chi connectivity index (χ0v) is 17.7. The Kier molecular flexibility index (Phi) is 7.95. The quantitative estimate of drug-likeness (QED) is 0.352. The van der Waals surface area contributed by atoms with Crippen LogP contribution in [-0.4, -0.2) is 33.7 Å². The second kappa shape index (κ2) is 10.4. The van der Waals surface area contributed by atoms with Crippen LogP contribution in [0.1, 0.15) is 42.6 Å². The van der Waals surface area contributed by atoms with Gasteiger partial charge in [0.25, 0.3) is 0 Å². The first kappa shape index (κ1) is 22.1. The number of nitrogen functional groups attached to an aromatic ring is 1. The van der Waals surface area contributed by atoms with Gasteiger partial charge in [0, 0.05) is 22.8 Å². The van der Waals surface area contributed by atoms with Gasteiger partial charge in [-0.15, -0.1) is 0 Å². The van der Waals surface area contributed by atoms with Crippen LogP contribution in [0.4, 0.5) is 5.69 Å². The first-order valence-corrected chi connectivity index (χ1v) is 9.56. The van der Waals surface area contributed by atoms with Gasteiger partial charge in [-0.25, -0.2) is 0 Å². The van der Waals surface area contributed by atoms with E-state index in [4.69, 9.17) is 24.7 Å². The molecule has 0 atom stereocenters. The topological polar surface area (TPSA) is 80.0 Å². The van der Waals surface area contributed by atoms with Gasteiger partial charge in [0.1, 0.15) is 11.5 Å². The molecule has 0 heterocycles. The maximum atomic E-state index is 13.2. The molecule has 0 saturated carbocycles. The second-order valence-electron chi connectivity index (χ2n) is 6.39. The Balaban J connectivity index is 2.52. The zero-order chi connectivity index (χ0) is 21.4. The summed E-state index contributed by atoms with van der Waals surface area (Å²) in [5, 5.41) is 0. The molecule has 29 heavy (non-hydrogen) atoms. The molecule has 0 aliphatic carbocycles. The lowest BCUT2D eigenvalue weighted by molar-refractivity contribution is 0.103. The van der Waals surface area contributed by atoms with Gasteiger partial charge in [0.15, 0.2) is 17.3 Å². The minimum atomic E-state index is -0.0922. The van der Waals surface area contributed by atoms with Crippen LogP contribution >= 0.6 is 0 Å². The van der Waals surface area contributed by atoms with Crippen molar-refractivity contribution >= 4 is 17.5 Å². The van der Waals surface area contributed by atoms with Gasteiger partial charge < -0.3 is 24.7 Å². The summed E-state index contributed by atoms with van der Waals surface area (Å²) in [7, 11) is 4.71. The number of ketones is 1. The summed E-state index contributed by atoms with van der Waals surface area (Å²) < 4.78 is 21.7. The van der Waals surface area contributed by atoms with E-state index in [1.165, 1.54) is 0 Å². The molecule has 0 bridgehead atoms. The van der Waals surface area contributed by atoms with Gasteiger partial charge in [0.2, 0.25) is 0 Å². The number of anilines is 1. The summed E-state index contributed by atoms with van der Waals surface area (Å²) in [5.74, 6) is 2.17. The zero-order valence-electron chi connectivity index (χ0n) is 17.7. The van der Waals surface area contributed by atoms with Crippen LogP contribution in [0.25, 0.3) is 6.08 Å². The van der Waals surface area contributed by atoms with E-state index in [2.05, 4.69) is 0 Å². The summed E-state index contributed by atoms with van der Waals surface area (Å²) in [6, 6.07) is 8.67. The van der Waals surface area contributed by atoms with E-state index < -0.39 is 0 Å². The molecular formula is C23H29NO5. The normalized spacial score (nSPS) is 11.1. The predicted octanol–water partition coefficient (Wildman–Crippen LogP) is 4.76. The van der Waals surface area contributed by atoms with Gasteiger partial charge in [0.05, 0.1) is 33.6 Å². The number of nitrogens with two attached hydrogens (primary N) is 1. The molecule has 6 nitrogen and oxygen atoms in total. The molecule has 0 aliphatic rings. The maximum Gasteiger partial charge on any atom is 0.189 e. The fourth-order valence-electron chi connectivity index (χ4n) is 3.06. The SMILES string of the molecule is CCCC(=Cc1cc(OC)cc(OC)c1OC)C(=O)c1ccc(OCC)c(N)c1. The first-order chi connectivity index (χ1) is 14.0. The molecule has 2 aromatic carbocycles. The molecule has 2 aromatic rings. The third kappa shape index (κ3) is 5.22. The van der Waals surface area contributed by atoms with Crippen molar-refractivity contribution in [2.24, 2.45) is 0 Å². The van der Waals surface area contributed by atoms with Crippen LogP contribution < -0.4 is 24.7 Å². The Bertz CT molecular complexity index is 889. The molecule has 0 aromatic heterocycles. The molecule has 0 fully saturated rings. The fourth-order valence-corrected chi connectivity index (χ4v) is 3.06. The minimum Gasteiger partial charge on any atom is -0.497 e. The summed E-state index contributed by atoms with van der Waals surface area (Å²) in [5.41, 5.74) is 8.35. The van der Waals surface area contributed by atoms with Crippen molar-refractivity contribution in [3.8, 4) is 23.0 Å². The Labute approximate surface area is 172 Å². The number of methoxy groups -OCH3 is 3. The highest BCUT2D eigenvalue weighted by molar-refractivity contribution is 6.12. The van der Waals surface area contributed by atoms with Gasteiger partial charge in [-0.1, -0.05) is 13.3 Å². The van der Waals surface area contributed by atoms with E-state index >= 15 is 0 Å². The number of hydrogen-bond acceptors (Lipinski definition) is 6. The summed E-state index contributed by atoms with van der Waals surface area (Å²) in [6.45, 7) is 4.42. The van der Waals surface area contributed by atoms with E-state index in [0.717, 1.165) is 6.42 Å². The van der Waals surface area contributed by atoms with Crippen molar-refractivity contribution in [1.29, 1.82) is 0 Å². The highest BCUT2D eigenvalue weighted by Crippen LogP contribution is 2.37. The van der Waals surface area contributed by atoms with Crippen molar-refractivity contribution in [3.05, 3.63) is 47.0 Å². The van der Waals surface area contributed by atoms with Crippen molar-refractivity contribution in [1.82, 2.24) is 0 Å². The molecule has 0 amide bonds. The molecule has 0 aliphatic heterocycles. The Morgan fingerprint density at radius 3 is 2.31 bits per heavy atom. The summed E-state index contributed by atoms with van der Waals surface area (Å²) in [6.07, 6.45) is 3.24. The molecule has 0 spiro atoms. The lowest BCUT2D eigenvalue weighted by Crippen LogP contribution is -2.06. The second-order valence-corrected chi connectivity index (χ2v) is 6.39. The Morgan fingerprint density at radius 2 is 1.76 bits per heavy atom. The molecule has 2 rings (SSSR count). The van der Waals surface area contributed by atoms with Crippen molar-refractivity contribution in [3.63, 3.8) is 0 Å². The van der Waals surface area contributed by atoms with Crippen LogP contribution in [0.5, 0.6) is 23.0 Å². The van der Waals surface area contributed by atoms with Crippen LogP contribution in [0.3, 0.4) is 0 Å². The average Bonchev–Trinajstić information content (AvgIpc) is 2.73. The van der Waals surface area contributed by atoms with E-state index in [1.807, 2.05) is 26.0 Å². The molecule has 2 N–H and O–H groups in total. The van der Waals surface area contributed by atoms with E-state index in [-0.39, 0.29) is 5.78 Å². The molecule has 0 radical (unpaired) electrons. The lowest BCUT2D eigenvalue weighted by atomic mass is 9.96. The average molecular weight is 399 g/mol. The molecule has 6 heteroatoms. The number of allylic oxidation sites excluding steroid dienone is 1. The summed E-state index contributed by atoms with van der Waals surface area (Å²) >= 11 is 0. The smallest absolute Gasteiger partial charge is 0.189 e. The van der Waals surface area contributed by atoms with Crippen molar-refractivity contribution < 1.29 is 23.7 Å². The first-order valence-electron chi connectivity index (χ1n) is 9.56. The minimum absolute atomic E-state index is 0.0922. The molecular weight excluding hydrogens is 370 g/mol. The third-order valence-corrected chi connectivity index (χ3v) is 4.43. The van der Waals surface area contributed by atoms with Crippen molar-refractivity contribution in [2.75, 3.05) is 33.7 Å². The summed E-state index contributed by atoms with van der Waals surface area (Å²) in [4.78, 5) is 13.2. The number of rotatable bonds is 10. The van der Waals surface area contributed by atoms with Crippen LogP contribution in [-0.2, 0) is 0 Å². The Hall–Kier alpha value is -3.15. The standard InChI is InChI=1S/C23H29NO5/c1-6-8-15(22(25)16-9-10-20(29-7-2)19(24)13-16)11-17-12-18(26-3)14-21(27-4)23(17)28-5/h9-14H,6-8,24H2,1-5H3.